The van der Waals surface area contributed by atoms with Crippen LogP contribution < -0.4 is 24.7 Å². The quantitative estimate of drug-likeness (QED) is 0.155. The highest BCUT2D eigenvalue weighted by Gasteiger charge is 2.49. The molecule has 10 aromatic carbocycles. The van der Waals surface area contributed by atoms with Crippen LogP contribution in [0, 0.1) is 0 Å². The minimum atomic E-state index is -2.05. The number of nitrogens with zero attached hydrogens (tertiary/aromatic N) is 1. The number of benzene rings is 10. The van der Waals surface area contributed by atoms with Crippen molar-refractivity contribution in [3.05, 3.63) is 258 Å². The maximum Gasteiger partial charge on any atom is 0.149 e. The fraction of sp³-hybridized carbons (Fsp3) is 0.0909. The third kappa shape index (κ3) is 6.09. The average molecular weight is 948 g/mol. The van der Waals surface area contributed by atoms with E-state index in [1.54, 1.807) is 11.8 Å². The lowest BCUT2D eigenvalue weighted by atomic mass is 9.67. The lowest BCUT2D eigenvalue weighted by molar-refractivity contribution is 0.456. The average Bonchev–Trinajstić information content (AvgIpc) is 3.84. The summed E-state index contributed by atoms with van der Waals surface area (Å²) < 4.78 is 14.0. The summed E-state index contributed by atoms with van der Waals surface area (Å²) in [6.45, 7) is 9.69. The molecule has 0 radical (unpaired) electrons. The van der Waals surface area contributed by atoms with Gasteiger partial charge in [-0.3, -0.25) is 0 Å². The van der Waals surface area contributed by atoms with Crippen LogP contribution in [0.4, 0.5) is 17.1 Å². The van der Waals surface area contributed by atoms with Crippen LogP contribution in [0.5, 0.6) is 23.0 Å². The molecule has 2 aliphatic carbocycles. The van der Waals surface area contributed by atoms with E-state index < -0.39 is 13.5 Å². The summed E-state index contributed by atoms with van der Waals surface area (Å²) in [7, 11) is -2.05. The number of para-hydroxylation sites is 2. The van der Waals surface area contributed by atoms with Crippen molar-refractivity contribution in [2.75, 3.05) is 4.90 Å². The van der Waals surface area contributed by atoms with Crippen molar-refractivity contribution in [1.29, 1.82) is 0 Å². The first kappa shape index (κ1) is 42.1. The van der Waals surface area contributed by atoms with Crippen LogP contribution in [0.3, 0.4) is 0 Å². The van der Waals surface area contributed by atoms with E-state index in [0.29, 0.717) is 0 Å². The molecule has 2 aliphatic heterocycles. The Balaban J connectivity index is 0.993. The summed E-state index contributed by atoms with van der Waals surface area (Å²) in [5.74, 6) is 3.84. The summed E-state index contributed by atoms with van der Waals surface area (Å²) in [5.41, 5.74) is 17.0. The molecule has 10 aromatic rings. The maximum atomic E-state index is 7.02. The predicted molar refractivity (Wildman–Crippen MR) is 295 cm³/mol. The largest absolute Gasteiger partial charge is 0.457 e. The summed E-state index contributed by atoms with van der Waals surface area (Å²) >= 11 is 1.79. The Morgan fingerprint density at radius 3 is 1.65 bits per heavy atom. The van der Waals surface area contributed by atoms with E-state index in [2.05, 4.69) is 256 Å². The van der Waals surface area contributed by atoms with Crippen molar-refractivity contribution in [3.63, 3.8) is 0 Å². The minimum absolute atomic E-state index is 0.282. The van der Waals surface area contributed by atoms with E-state index in [-0.39, 0.29) is 5.41 Å². The van der Waals surface area contributed by atoms with E-state index in [0.717, 1.165) is 55.4 Å². The van der Waals surface area contributed by atoms with Crippen molar-refractivity contribution < 1.29 is 9.47 Å². The molecule has 0 bridgehead atoms. The molecular weight excluding hydrogens is 899 g/mol. The van der Waals surface area contributed by atoms with Crippen LogP contribution in [0.2, 0.25) is 13.1 Å². The number of ether oxygens (including phenoxy) is 2. The number of anilines is 3. The standard InChI is InChI=1S/C66H49NO2SSi/c1-65(2)51-37-39-60-64(69-56-25-15-17-27-59(56)71(60,3)4)61(51)49-34-32-47(40-53(49)65)67(46-30-28-43(29-31-46)42-18-8-5-9-19-42)48-33-35-50-54(41-48)66(44-20-10-6-11-21-44,45-22-12-7-13-23-45)52-36-38-58-63(62(50)52)68-55-24-14-16-26-57(55)70-58/h5-41H,1-4H3. The fourth-order valence-electron chi connectivity index (χ4n) is 12.4. The first-order valence-corrected chi connectivity index (χ1v) is 28.5. The highest BCUT2D eigenvalue weighted by molar-refractivity contribution is 7.99. The first-order valence-electron chi connectivity index (χ1n) is 24.7. The van der Waals surface area contributed by atoms with Gasteiger partial charge in [-0.2, -0.15) is 0 Å². The smallest absolute Gasteiger partial charge is 0.149 e. The van der Waals surface area contributed by atoms with Gasteiger partial charge in [0, 0.05) is 33.6 Å². The van der Waals surface area contributed by atoms with Crippen LogP contribution in [0.1, 0.15) is 47.2 Å². The third-order valence-corrected chi connectivity index (χ3v) is 20.5. The third-order valence-electron chi connectivity index (χ3n) is 15.9. The molecule has 0 unspecified atom stereocenters. The second-order valence-electron chi connectivity index (χ2n) is 20.4. The molecule has 5 heteroatoms. The molecule has 0 saturated carbocycles. The Morgan fingerprint density at radius 1 is 0.408 bits per heavy atom. The molecule has 2 heterocycles. The lowest BCUT2D eigenvalue weighted by Crippen LogP contribution is -2.56. The normalized spacial score (nSPS) is 15.3. The zero-order valence-electron chi connectivity index (χ0n) is 40.0. The van der Waals surface area contributed by atoms with Gasteiger partial charge in [0.15, 0.2) is 0 Å². The highest BCUT2D eigenvalue weighted by atomic mass is 32.2. The van der Waals surface area contributed by atoms with Crippen molar-refractivity contribution in [1.82, 2.24) is 0 Å². The Labute approximate surface area is 421 Å². The molecule has 71 heavy (non-hydrogen) atoms. The van der Waals surface area contributed by atoms with Crippen LogP contribution in [0.15, 0.2) is 234 Å². The number of fused-ring (bicyclic) bond motifs is 12. The van der Waals surface area contributed by atoms with E-state index in [1.807, 2.05) is 0 Å². The van der Waals surface area contributed by atoms with E-state index in [4.69, 9.17) is 9.47 Å². The van der Waals surface area contributed by atoms with Crippen molar-refractivity contribution >= 4 is 47.3 Å². The molecule has 0 atom stereocenters. The number of hydrogen-bond donors (Lipinski definition) is 0. The van der Waals surface area contributed by atoms with Gasteiger partial charge < -0.3 is 14.4 Å². The van der Waals surface area contributed by atoms with Crippen LogP contribution >= 0.6 is 11.8 Å². The molecule has 0 saturated heterocycles. The molecule has 0 fully saturated rings. The zero-order valence-corrected chi connectivity index (χ0v) is 41.9. The van der Waals surface area contributed by atoms with Gasteiger partial charge in [-0.25, -0.2) is 0 Å². The van der Waals surface area contributed by atoms with Gasteiger partial charge in [-0.15, -0.1) is 0 Å². The predicted octanol–water partition coefficient (Wildman–Crippen LogP) is 16.7. The molecule has 0 spiro atoms. The number of hydrogen-bond acceptors (Lipinski definition) is 4. The fourth-order valence-corrected chi connectivity index (χ4v) is 16.2. The monoisotopic (exact) mass is 947 g/mol. The van der Waals surface area contributed by atoms with Gasteiger partial charge in [-0.05, 0) is 127 Å². The van der Waals surface area contributed by atoms with Crippen LogP contribution in [0.25, 0.3) is 33.4 Å². The van der Waals surface area contributed by atoms with Crippen LogP contribution in [-0.4, -0.2) is 8.07 Å². The van der Waals surface area contributed by atoms with Gasteiger partial charge in [0.2, 0.25) is 0 Å². The van der Waals surface area contributed by atoms with Gasteiger partial charge >= 0.3 is 0 Å². The Kier molecular flexibility index (Phi) is 9.24. The van der Waals surface area contributed by atoms with Crippen molar-refractivity contribution in [2.24, 2.45) is 0 Å². The Morgan fingerprint density at radius 2 is 0.944 bits per heavy atom. The van der Waals surface area contributed by atoms with E-state index >= 15 is 0 Å². The number of rotatable bonds is 6. The SMILES string of the molecule is CC1(C)c2cc(N(c3ccc(-c4ccccc4)cc3)c3ccc4c(c3)C(c3ccccc3)(c3ccccc3)c3ccc5c(c3-4)Oc3ccccc3S5)ccc2-c2c1ccc1c2Oc2ccccc2[Si]1(C)C. The van der Waals surface area contributed by atoms with Gasteiger partial charge in [0.1, 0.15) is 31.1 Å². The lowest BCUT2D eigenvalue weighted by Gasteiger charge is -2.35. The molecular formula is C66H49NO2SSi. The topological polar surface area (TPSA) is 21.7 Å². The Bertz CT molecular complexity index is 3750. The second kappa shape index (κ2) is 15.6. The first-order chi connectivity index (χ1) is 34.7. The summed E-state index contributed by atoms with van der Waals surface area (Å²) in [6, 6.07) is 82.7. The van der Waals surface area contributed by atoms with Gasteiger partial charge in [-0.1, -0.05) is 202 Å². The summed E-state index contributed by atoms with van der Waals surface area (Å²) in [6.07, 6.45) is 0. The second-order valence-corrected chi connectivity index (χ2v) is 25.8. The van der Waals surface area contributed by atoms with E-state index in [9.17, 15) is 0 Å². The zero-order chi connectivity index (χ0) is 47.6. The molecule has 0 amide bonds. The summed E-state index contributed by atoms with van der Waals surface area (Å²) in [4.78, 5) is 4.72. The molecule has 0 aromatic heterocycles. The summed E-state index contributed by atoms with van der Waals surface area (Å²) in [5, 5.41) is 2.71. The highest BCUT2D eigenvalue weighted by Crippen LogP contribution is 2.63. The molecule has 0 N–H and O–H groups in total. The Hall–Kier alpha value is -7.83. The maximum absolute atomic E-state index is 7.02. The van der Waals surface area contributed by atoms with Crippen molar-refractivity contribution in [3.8, 4) is 56.4 Å². The van der Waals surface area contributed by atoms with Crippen LogP contribution in [-0.2, 0) is 10.8 Å². The van der Waals surface area contributed by atoms with Gasteiger partial charge in [0.25, 0.3) is 0 Å². The molecule has 4 aliphatic rings. The molecule has 3 nitrogen and oxygen atoms in total. The van der Waals surface area contributed by atoms with Gasteiger partial charge in [0.05, 0.1) is 15.2 Å². The van der Waals surface area contributed by atoms with E-state index in [1.165, 1.54) is 71.6 Å². The molecule has 14 rings (SSSR count). The van der Waals surface area contributed by atoms with Crippen molar-refractivity contribution in [2.45, 2.75) is 47.6 Å². The molecule has 340 valence electrons. The minimum Gasteiger partial charge on any atom is -0.457 e.